The van der Waals surface area contributed by atoms with Crippen molar-refractivity contribution >= 4 is 23.7 Å². The standard InChI is InChI=1S/C21H20ClN3O/c1-12-6-7-18(22)9-20(12)25-13(2)8-17(15(25)4)11-24-21-19(10-23)14(3)16(5)26-21/h6-9,11H,1-5H3. The van der Waals surface area contributed by atoms with Crippen LogP contribution in [0.4, 0.5) is 5.88 Å². The van der Waals surface area contributed by atoms with Crippen molar-refractivity contribution in [2.24, 2.45) is 4.99 Å². The number of furan rings is 1. The number of benzene rings is 1. The summed E-state index contributed by atoms with van der Waals surface area (Å²) in [4.78, 5) is 4.42. The summed E-state index contributed by atoms with van der Waals surface area (Å²) in [5, 5.41) is 10.0. The van der Waals surface area contributed by atoms with Crippen molar-refractivity contribution < 1.29 is 4.42 Å². The van der Waals surface area contributed by atoms with E-state index in [1.165, 1.54) is 0 Å². The molecule has 3 rings (SSSR count). The first kappa shape index (κ1) is 18.0. The monoisotopic (exact) mass is 365 g/mol. The minimum absolute atomic E-state index is 0.353. The predicted molar refractivity (Wildman–Crippen MR) is 105 cm³/mol. The van der Waals surface area contributed by atoms with Gasteiger partial charge in [-0.15, -0.1) is 0 Å². The Morgan fingerprint density at radius 1 is 1.15 bits per heavy atom. The van der Waals surface area contributed by atoms with Gasteiger partial charge in [0.2, 0.25) is 5.88 Å². The lowest BCUT2D eigenvalue weighted by atomic mass is 10.2. The van der Waals surface area contributed by atoms with Crippen LogP contribution in [0.25, 0.3) is 5.69 Å². The van der Waals surface area contributed by atoms with Crippen molar-refractivity contribution in [3.05, 3.63) is 68.7 Å². The molecule has 0 radical (unpaired) electrons. The summed E-state index contributed by atoms with van der Waals surface area (Å²) in [6, 6.07) is 10.1. The molecule has 2 heterocycles. The molecule has 2 aromatic heterocycles. The van der Waals surface area contributed by atoms with Gasteiger partial charge in [-0.05, 0) is 58.4 Å². The Balaban J connectivity index is 2.06. The number of hydrogen-bond acceptors (Lipinski definition) is 3. The lowest BCUT2D eigenvalue weighted by molar-refractivity contribution is 0.542. The van der Waals surface area contributed by atoms with E-state index in [-0.39, 0.29) is 0 Å². The van der Waals surface area contributed by atoms with Crippen LogP contribution < -0.4 is 0 Å². The summed E-state index contributed by atoms with van der Waals surface area (Å²) >= 11 is 6.19. The van der Waals surface area contributed by atoms with Crippen LogP contribution in [0.1, 0.15) is 39.4 Å². The van der Waals surface area contributed by atoms with Crippen LogP contribution in [0.15, 0.2) is 33.7 Å². The maximum Gasteiger partial charge on any atom is 0.237 e. The maximum absolute atomic E-state index is 9.32. The van der Waals surface area contributed by atoms with E-state index in [9.17, 15) is 5.26 Å². The van der Waals surface area contributed by atoms with Crippen LogP contribution in [-0.2, 0) is 0 Å². The average Bonchev–Trinajstić information content (AvgIpc) is 3.03. The zero-order valence-corrected chi connectivity index (χ0v) is 16.3. The number of aromatic nitrogens is 1. The second-order valence-corrected chi connectivity index (χ2v) is 6.86. The Labute approximate surface area is 158 Å². The summed E-state index contributed by atoms with van der Waals surface area (Å²) in [7, 11) is 0. The summed E-state index contributed by atoms with van der Waals surface area (Å²) in [5.74, 6) is 1.07. The number of rotatable bonds is 3. The molecule has 0 aliphatic carbocycles. The molecule has 0 atom stereocenters. The number of nitrogens with zero attached hydrogens (tertiary/aromatic N) is 3. The lowest BCUT2D eigenvalue weighted by Gasteiger charge is -2.13. The molecule has 4 nitrogen and oxygen atoms in total. The van der Waals surface area contributed by atoms with Crippen molar-refractivity contribution in [2.45, 2.75) is 34.6 Å². The van der Waals surface area contributed by atoms with Gasteiger partial charge in [0.25, 0.3) is 0 Å². The van der Waals surface area contributed by atoms with Gasteiger partial charge in [0, 0.05) is 39.4 Å². The average molecular weight is 366 g/mol. The van der Waals surface area contributed by atoms with Gasteiger partial charge in [-0.2, -0.15) is 5.26 Å². The Kier molecular flexibility index (Phi) is 4.76. The molecule has 0 N–H and O–H groups in total. The zero-order chi connectivity index (χ0) is 19.0. The van der Waals surface area contributed by atoms with Gasteiger partial charge < -0.3 is 8.98 Å². The molecule has 1 aromatic carbocycles. The fourth-order valence-electron chi connectivity index (χ4n) is 3.07. The smallest absolute Gasteiger partial charge is 0.237 e. The van der Waals surface area contributed by atoms with Gasteiger partial charge in [0.1, 0.15) is 17.4 Å². The van der Waals surface area contributed by atoms with Gasteiger partial charge in [0.15, 0.2) is 0 Å². The van der Waals surface area contributed by atoms with E-state index >= 15 is 0 Å². The molecule has 132 valence electrons. The third-order valence-electron chi connectivity index (χ3n) is 4.68. The van der Waals surface area contributed by atoms with E-state index < -0.39 is 0 Å². The molecule has 0 aliphatic rings. The van der Waals surface area contributed by atoms with Crippen molar-refractivity contribution in [1.29, 1.82) is 5.26 Å². The number of halogens is 1. The summed E-state index contributed by atoms with van der Waals surface area (Å²) in [6.07, 6.45) is 1.75. The first-order valence-corrected chi connectivity index (χ1v) is 8.71. The van der Waals surface area contributed by atoms with Gasteiger partial charge in [0.05, 0.1) is 0 Å². The molecule has 5 heteroatoms. The van der Waals surface area contributed by atoms with Crippen LogP contribution in [-0.4, -0.2) is 10.8 Å². The van der Waals surface area contributed by atoms with E-state index in [0.717, 1.165) is 33.8 Å². The fourth-order valence-corrected chi connectivity index (χ4v) is 3.24. The van der Waals surface area contributed by atoms with Crippen molar-refractivity contribution in [3.8, 4) is 11.8 Å². The number of aryl methyl sites for hydroxylation is 3. The van der Waals surface area contributed by atoms with Crippen molar-refractivity contribution in [1.82, 2.24) is 4.57 Å². The topological polar surface area (TPSA) is 54.2 Å². The third kappa shape index (κ3) is 3.07. The van der Waals surface area contributed by atoms with Crippen LogP contribution in [0.2, 0.25) is 5.02 Å². The summed E-state index contributed by atoms with van der Waals surface area (Å²) < 4.78 is 7.77. The highest BCUT2D eigenvalue weighted by Crippen LogP contribution is 2.29. The predicted octanol–water partition coefficient (Wildman–Crippen LogP) is 5.89. The molecule has 0 bridgehead atoms. The zero-order valence-electron chi connectivity index (χ0n) is 15.5. The molecule has 0 aliphatic heterocycles. The van der Waals surface area contributed by atoms with E-state index in [0.29, 0.717) is 22.2 Å². The van der Waals surface area contributed by atoms with E-state index in [1.54, 1.807) is 6.21 Å². The third-order valence-corrected chi connectivity index (χ3v) is 4.92. The molecule has 0 spiro atoms. The minimum atomic E-state index is 0.353. The first-order valence-electron chi connectivity index (χ1n) is 8.33. The largest absolute Gasteiger partial charge is 0.442 e. The highest BCUT2D eigenvalue weighted by molar-refractivity contribution is 6.30. The van der Waals surface area contributed by atoms with Crippen molar-refractivity contribution in [2.75, 3.05) is 0 Å². The van der Waals surface area contributed by atoms with Crippen LogP contribution >= 0.6 is 11.6 Å². The molecule has 0 saturated heterocycles. The quantitative estimate of drug-likeness (QED) is 0.543. The SMILES string of the molecule is Cc1ccc(Cl)cc1-n1c(C)cc(C=Nc2oc(C)c(C)c2C#N)c1C. The molecule has 0 unspecified atom stereocenters. The number of aliphatic imine (C=N–C) groups is 1. The molecular weight excluding hydrogens is 346 g/mol. The Hall–Kier alpha value is -2.77. The first-order chi connectivity index (χ1) is 12.3. The molecule has 3 aromatic rings. The minimum Gasteiger partial charge on any atom is -0.442 e. The van der Waals surface area contributed by atoms with E-state index in [2.05, 4.69) is 28.6 Å². The van der Waals surface area contributed by atoms with Crippen LogP contribution in [0, 0.1) is 45.9 Å². The Morgan fingerprint density at radius 2 is 1.88 bits per heavy atom. The Bertz CT molecular complexity index is 1060. The number of hydrogen-bond donors (Lipinski definition) is 0. The van der Waals surface area contributed by atoms with Gasteiger partial charge in [-0.3, -0.25) is 0 Å². The summed E-state index contributed by atoms with van der Waals surface area (Å²) in [5.41, 5.74) is 6.62. The molecule has 0 saturated carbocycles. The maximum atomic E-state index is 9.32. The van der Waals surface area contributed by atoms with Gasteiger partial charge >= 0.3 is 0 Å². The second-order valence-electron chi connectivity index (χ2n) is 6.43. The lowest BCUT2D eigenvalue weighted by Crippen LogP contribution is -2.02. The second kappa shape index (κ2) is 6.86. The normalized spacial score (nSPS) is 11.3. The molecular formula is C21H20ClN3O. The van der Waals surface area contributed by atoms with Crippen LogP contribution in [0.3, 0.4) is 0 Å². The molecule has 26 heavy (non-hydrogen) atoms. The van der Waals surface area contributed by atoms with E-state index in [1.807, 2.05) is 45.9 Å². The van der Waals surface area contributed by atoms with E-state index in [4.69, 9.17) is 16.0 Å². The van der Waals surface area contributed by atoms with Gasteiger partial charge in [-0.25, -0.2) is 4.99 Å². The molecule has 0 amide bonds. The van der Waals surface area contributed by atoms with Crippen molar-refractivity contribution in [3.63, 3.8) is 0 Å². The fraction of sp³-hybridized carbons (Fsp3) is 0.238. The molecule has 0 fully saturated rings. The Morgan fingerprint density at radius 3 is 2.58 bits per heavy atom. The van der Waals surface area contributed by atoms with Gasteiger partial charge in [-0.1, -0.05) is 17.7 Å². The van der Waals surface area contributed by atoms with Crippen LogP contribution in [0.5, 0.6) is 0 Å². The highest BCUT2D eigenvalue weighted by Gasteiger charge is 2.15. The summed E-state index contributed by atoms with van der Waals surface area (Å²) in [6.45, 7) is 9.85. The number of nitriles is 1. The highest BCUT2D eigenvalue weighted by atomic mass is 35.5.